The number of carbonyl (C=O) groups excluding carboxylic acids is 2. The molecule has 0 aliphatic heterocycles. The number of Topliss-reactive ketones (excluding diaryl/α,β-unsaturated/α-hetero) is 2. The Labute approximate surface area is 144 Å². The van der Waals surface area contributed by atoms with Crippen molar-refractivity contribution < 1.29 is 24.6 Å². The largest absolute Gasteiger partial charge is 0.504 e. The van der Waals surface area contributed by atoms with Gasteiger partial charge in [0.2, 0.25) is 0 Å². The van der Waals surface area contributed by atoms with Gasteiger partial charge in [-0.3, -0.25) is 9.59 Å². The second-order valence-corrected chi connectivity index (χ2v) is 5.38. The molecule has 3 rings (SSSR count). The highest BCUT2D eigenvalue weighted by molar-refractivity contribution is 6.50. The third-order valence-electron chi connectivity index (χ3n) is 3.66. The number of ketones is 2. The fourth-order valence-electron chi connectivity index (χ4n) is 2.38. The van der Waals surface area contributed by atoms with Gasteiger partial charge in [0.25, 0.3) is 5.78 Å². The number of hydrogen-bond acceptors (Lipinski definition) is 5. The average Bonchev–Trinajstić information content (AvgIpc) is 2.62. The Morgan fingerprint density at radius 2 is 1.72 bits per heavy atom. The van der Waals surface area contributed by atoms with Crippen LogP contribution in [0, 0.1) is 0 Å². The summed E-state index contributed by atoms with van der Waals surface area (Å²) in [6, 6.07) is 11.2. The molecule has 0 atom stereocenters. The minimum absolute atomic E-state index is 0.0871. The Morgan fingerprint density at radius 3 is 2.32 bits per heavy atom. The normalized spacial score (nSPS) is 12.8. The zero-order valence-electron chi connectivity index (χ0n) is 13.3. The van der Waals surface area contributed by atoms with Crippen LogP contribution < -0.4 is 5.73 Å². The Hall–Kier alpha value is -3.28. The Morgan fingerprint density at radius 1 is 1.04 bits per heavy atom. The topological polar surface area (TPSA) is 137 Å². The lowest BCUT2D eigenvalue weighted by Crippen LogP contribution is -2.27. The van der Waals surface area contributed by atoms with Crippen LogP contribution in [0.5, 0.6) is 11.5 Å². The van der Waals surface area contributed by atoms with Crippen LogP contribution in [0.2, 0.25) is 0 Å². The molecular formula is C18H17N3O4. The molecule has 7 nitrogen and oxygen atoms in total. The second kappa shape index (κ2) is 8.01. The van der Waals surface area contributed by atoms with Crippen molar-refractivity contribution in [2.75, 3.05) is 6.54 Å². The van der Waals surface area contributed by atoms with Gasteiger partial charge in [0.15, 0.2) is 17.3 Å². The van der Waals surface area contributed by atoms with Crippen LogP contribution in [0.15, 0.2) is 42.5 Å². The lowest BCUT2D eigenvalue weighted by Gasteiger charge is -2.08. The van der Waals surface area contributed by atoms with Crippen molar-refractivity contribution in [2.24, 2.45) is 5.73 Å². The molecule has 0 saturated carbocycles. The maximum Gasteiger partial charge on any atom is 0.347 e. The molecule has 0 saturated heterocycles. The molecular weight excluding hydrogens is 322 g/mol. The van der Waals surface area contributed by atoms with Crippen LogP contribution in [0.1, 0.15) is 32.7 Å². The zero-order chi connectivity index (χ0) is 18.4. The van der Waals surface area contributed by atoms with Crippen LogP contribution in [0.3, 0.4) is 0 Å². The van der Waals surface area contributed by atoms with E-state index in [2.05, 4.69) is 4.79 Å². The minimum Gasteiger partial charge on any atom is -0.504 e. The van der Waals surface area contributed by atoms with E-state index in [-0.39, 0.29) is 35.2 Å². The summed E-state index contributed by atoms with van der Waals surface area (Å²) in [5.74, 6) is -0.738. The van der Waals surface area contributed by atoms with Gasteiger partial charge in [-0.05, 0) is 30.7 Å². The van der Waals surface area contributed by atoms with E-state index >= 15 is 0 Å². The number of fused-ring (bicyclic) bond motifs is 1. The first-order valence-electron chi connectivity index (χ1n) is 7.56. The molecule has 2 aromatic carbocycles. The molecule has 0 amide bonds. The van der Waals surface area contributed by atoms with Crippen LogP contribution in [0.25, 0.3) is 5.53 Å². The molecule has 0 fully saturated rings. The van der Waals surface area contributed by atoms with Gasteiger partial charge >= 0.3 is 5.71 Å². The molecule has 0 bridgehead atoms. The Kier molecular flexibility index (Phi) is 5.79. The SMILES string of the molecule is NCCc1ccc(O)c(O)c1.[N-]=[N+]=C1CC(=O)c2ccccc2C1=O. The number of aromatic hydroxyl groups is 2. The number of benzene rings is 2. The van der Waals surface area contributed by atoms with Crippen molar-refractivity contribution in [3.63, 3.8) is 0 Å². The molecule has 4 N–H and O–H groups in total. The van der Waals surface area contributed by atoms with Crippen LogP contribution in [-0.4, -0.2) is 38.8 Å². The maximum atomic E-state index is 11.6. The number of carbonyl (C=O) groups is 2. The average molecular weight is 339 g/mol. The van der Waals surface area contributed by atoms with Gasteiger partial charge in [0.1, 0.15) is 6.42 Å². The Balaban J connectivity index is 0.000000186. The van der Waals surface area contributed by atoms with Crippen molar-refractivity contribution >= 4 is 17.3 Å². The molecule has 1 aliphatic carbocycles. The van der Waals surface area contributed by atoms with E-state index in [4.69, 9.17) is 21.5 Å². The van der Waals surface area contributed by atoms with Gasteiger partial charge in [-0.15, -0.1) is 0 Å². The fourth-order valence-corrected chi connectivity index (χ4v) is 2.38. The van der Waals surface area contributed by atoms with E-state index in [0.717, 1.165) is 5.56 Å². The highest BCUT2D eigenvalue weighted by Crippen LogP contribution is 2.24. The van der Waals surface area contributed by atoms with Crippen LogP contribution in [-0.2, 0) is 6.42 Å². The summed E-state index contributed by atoms with van der Waals surface area (Å²) >= 11 is 0. The third kappa shape index (κ3) is 4.17. The first-order valence-corrected chi connectivity index (χ1v) is 7.56. The standard InChI is InChI=1S/C10H6N2O2.C8H11NO2/c11-12-8-5-9(13)6-3-1-2-4-7(6)10(8)14;9-4-3-6-1-2-7(10)8(11)5-6/h1-4H,5H2;1-2,5,10-11H,3-4,9H2. The molecule has 0 heterocycles. The highest BCUT2D eigenvalue weighted by atomic mass is 16.3. The maximum absolute atomic E-state index is 11.6. The first kappa shape index (κ1) is 18.1. The summed E-state index contributed by atoms with van der Waals surface area (Å²) in [4.78, 5) is 25.8. The number of nitrogens with zero attached hydrogens (tertiary/aromatic N) is 2. The number of phenols is 2. The summed E-state index contributed by atoms with van der Waals surface area (Å²) in [7, 11) is 0. The van der Waals surface area contributed by atoms with E-state index in [1.165, 1.54) is 12.1 Å². The first-order chi connectivity index (χ1) is 12.0. The van der Waals surface area contributed by atoms with Gasteiger partial charge in [-0.1, -0.05) is 30.3 Å². The summed E-state index contributed by atoms with van der Waals surface area (Å²) < 4.78 is 0. The van der Waals surface area contributed by atoms with E-state index in [9.17, 15) is 9.59 Å². The van der Waals surface area contributed by atoms with Gasteiger partial charge < -0.3 is 21.5 Å². The van der Waals surface area contributed by atoms with E-state index in [1.807, 2.05) is 0 Å². The van der Waals surface area contributed by atoms with Crippen molar-refractivity contribution in [3.05, 3.63) is 64.7 Å². The number of nitrogens with two attached hydrogens (primary N) is 1. The van der Waals surface area contributed by atoms with Crippen molar-refractivity contribution in [1.82, 2.24) is 0 Å². The van der Waals surface area contributed by atoms with Crippen LogP contribution in [0.4, 0.5) is 0 Å². The molecule has 0 spiro atoms. The monoisotopic (exact) mass is 339 g/mol. The second-order valence-electron chi connectivity index (χ2n) is 5.38. The summed E-state index contributed by atoms with van der Waals surface area (Å²) in [6.07, 6.45) is 0.597. The zero-order valence-corrected chi connectivity index (χ0v) is 13.3. The van der Waals surface area contributed by atoms with Crippen molar-refractivity contribution in [1.29, 1.82) is 0 Å². The van der Waals surface area contributed by atoms with E-state index in [0.29, 0.717) is 24.1 Å². The van der Waals surface area contributed by atoms with Crippen molar-refractivity contribution in [3.8, 4) is 11.5 Å². The molecule has 0 unspecified atom stereocenters. The molecule has 25 heavy (non-hydrogen) atoms. The highest BCUT2D eigenvalue weighted by Gasteiger charge is 2.34. The summed E-state index contributed by atoms with van der Waals surface area (Å²) in [5.41, 5.74) is 15.4. The summed E-state index contributed by atoms with van der Waals surface area (Å²) in [5, 5.41) is 18.0. The molecule has 128 valence electrons. The van der Waals surface area contributed by atoms with Crippen molar-refractivity contribution in [2.45, 2.75) is 12.8 Å². The van der Waals surface area contributed by atoms with Gasteiger partial charge in [-0.25, -0.2) is 0 Å². The van der Waals surface area contributed by atoms with E-state index < -0.39 is 0 Å². The lowest BCUT2D eigenvalue weighted by molar-refractivity contribution is -0.00890. The van der Waals surface area contributed by atoms with Gasteiger partial charge in [0.05, 0.1) is 0 Å². The quantitative estimate of drug-likeness (QED) is 0.434. The molecule has 2 aromatic rings. The fraction of sp³-hybridized carbons (Fsp3) is 0.167. The number of phenolic OH excluding ortho intramolecular Hbond substituents is 2. The third-order valence-corrected chi connectivity index (χ3v) is 3.66. The number of hydrogen-bond donors (Lipinski definition) is 3. The Bertz CT molecular complexity index is 870. The molecule has 7 heteroatoms. The van der Waals surface area contributed by atoms with Gasteiger partial charge in [-0.2, -0.15) is 4.79 Å². The summed E-state index contributed by atoms with van der Waals surface area (Å²) in [6.45, 7) is 0.546. The number of rotatable bonds is 2. The van der Waals surface area contributed by atoms with Gasteiger partial charge in [0, 0.05) is 11.1 Å². The molecule has 0 radical (unpaired) electrons. The lowest BCUT2D eigenvalue weighted by atomic mass is 9.88. The predicted molar refractivity (Wildman–Crippen MR) is 90.9 cm³/mol. The molecule has 0 aromatic heterocycles. The van der Waals surface area contributed by atoms with Crippen LogP contribution >= 0.6 is 0 Å². The predicted octanol–water partition coefficient (Wildman–Crippen LogP) is 1.73. The molecule has 1 aliphatic rings. The smallest absolute Gasteiger partial charge is 0.347 e. The minimum atomic E-state index is -0.372. The van der Waals surface area contributed by atoms with E-state index in [1.54, 1.807) is 30.3 Å².